The van der Waals surface area contributed by atoms with E-state index in [1.807, 2.05) is 6.92 Å². The Balaban J connectivity index is 2.03. The van der Waals surface area contributed by atoms with Gasteiger partial charge in [0.1, 0.15) is 6.61 Å². The zero-order valence-corrected chi connectivity index (χ0v) is 14.1. The summed E-state index contributed by atoms with van der Waals surface area (Å²) >= 11 is 1.62. The van der Waals surface area contributed by atoms with Crippen LogP contribution < -0.4 is 4.73 Å². The molecule has 4 nitrogen and oxygen atoms in total. The van der Waals surface area contributed by atoms with Crippen LogP contribution in [0.3, 0.4) is 0 Å². The maximum absolute atomic E-state index is 11.8. The first-order chi connectivity index (χ1) is 10.8. The number of aromatic nitrogens is 1. The Labute approximate surface area is 138 Å². The smallest absolute Gasteiger partial charge is 0.411 e. The highest BCUT2D eigenvalue weighted by atomic mass is 32.2. The van der Waals surface area contributed by atoms with E-state index in [2.05, 4.69) is 4.74 Å². The van der Waals surface area contributed by atoms with Crippen molar-refractivity contribution in [3.63, 3.8) is 0 Å². The quantitative estimate of drug-likeness (QED) is 0.280. The van der Waals surface area contributed by atoms with E-state index in [9.17, 15) is 18.4 Å². The Kier molecular flexibility index (Phi) is 8.72. The third-order valence-electron chi connectivity index (χ3n) is 3.18. The summed E-state index contributed by atoms with van der Waals surface area (Å²) in [6.07, 6.45) is -1.55. The van der Waals surface area contributed by atoms with Crippen molar-refractivity contribution in [1.29, 1.82) is 0 Å². The molecule has 0 amide bonds. The molecule has 1 aromatic heterocycles. The van der Waals surface area contributed by atoms with Crippen molar-refractivity contribution in [3.05, 3.63) is 28.7 Å². The third kappa shape index (κ3) is 8.43. The third-order valence-corrected chi connectivity index (χ3v) is 4.31. The molecule has 0 saturated carbocycles. The predicted octanol–water partition coefficient (Wildman–Crippen LogP) is 3.40. The molecule has 1 aromatic rings. The zero-order chi connectivity index (χ0) is 17.3. The highest BCUT2D eigenvalue weighted by Crippen LogP contribution is 2.22. The molecule has 0 bridgehead atoms. The Morgan fingerprint density at radius 3 is 2.43 bits per heavy atom. The average Bonchev–Trinajstić information content (AvgIpc) is 2.47. The minimum absolute atomic E-state index is 0.0926. The van der Waals surface area contributed by atoms with E-state index in [4.69, 9.17) is 4.74 Å². The molecule has 0 spiro atoms. The van der Waals surface area contributed by atoms with E-state index in [1.165, 1.54) is 6.20 Å². The molecule has 0 saturated heterocycles. The highest BCUT2D eigenvalue weighted by Gasteiger charge is 2.27. The molecular weight excluding hydrogens is 331 g/mol. The molecule has 1 rings (SSSR count). The first-order valence-corrected chi connectivity index (χ1v) is 8.34. The minimum atomic E-state index is -4.26. The van der Waals surface area contributed by atoms with Gasteiger partial charge in [-0.2, -0.15) is 17.9 Å². The lowest BCUT2D eigenvalue weighted by Gasteiger charge is -2.09. The second-order valence-corrected chi connectivity index (χ2v) is 6.19. The molecule has 0 unspecified atom stereocenters. The van der Waals surface area contributed by atoms with Gasteiger partial charge in [-0.3, -0.25) is 0 Å². The SMILES string of the molecule is Cc1c(SCCOCCCCOCC(F)(F)F)cc[n+]([O-])c1C. The van der Waals surface area contributed by atoms with Crippen molar-refractivity contribution in [3.8, 4) is 0 Å². The maximum Gasteiger partial charge on any atom is 0.411 e. The molecule has 0 aliphatic rings. The summed E-state index contributed by atoms with van der Waals surface area (Å²) < 4.78 is 46.2. The number of nitrogens with zero attached hydrogens (tertiary/aromatic N) is 1. The monoisotopic (exact) mass is 353 g/mol. The number of thioether (sulfide) groups is 1. The highest BCUT2D eigenvalue weighted by molar-refractivity contribution is 7.99. The summed E-state index contributed by atoms with van der Waals surface area (Å²) in [5.74, 6) is 0.758. The van der Waals surface area contributed by atoms with Crippen LogP contribution in [0, 0.1) is 19.1 Å². The van der Waals surface area contributed by atoms with Crippen LogP contribution >= 0.6 is 11.8 Å². The summed E-state index contributed by atoms with van der Waals surface area (Å²) in [5.41, 5.74) is 1.66. The van der Waals surface area contributed by atoms with Gasteiger partial charge in [-0.15, -0.1) is 11.8 Å². The number of hydrogen-bond acceptors (Lipinski definition) is 4. The fourth-order valence-corrected chi connectivity index (χ4v) is 2.72. The second kappa shape index (κ2) is 10.00. The zero-order valence-electron chi connectivity index (χ0n) is 13.3. The molecule has 0 aliphatic heterocycles. The minimum Gasteiger partial charge on any atom is -0.619 e. The van der Waals surface area contributed by atoms with E-state index in [-0.39, 0.29) is 6.61 Å². The normalized spacial score (nSPS) is 11.9. The Morgan fingerprint density at radius 1 is 1.13 bits per heavy atom. The van der Waals surface area contributed by atoms with Crippen molar-refractivity contribution in [2.24, 2.45) is 0 Å². The van der Waals surface area contributed by atoms with E-state index in [0.717, 1.165) is 20.9 Å². The van der Waals surface area contributed by atoms with Gasteiger partial charge in [0.15, 0.2) is 11.9 Å². The standard InChI is InChI=1S/C15H22F3NO3S/c1-12-13(2)19(20)6-5-14(12)23-10-9-21-7-3-4-8-22-11-15(16,17)18/h5-6H,3-4,7-11H2,1-2H3. The van der Waals surface area contributed by atoms with Gasteiger partial charge >= 0.3 is 6.18 Å². The Bertz CT molecular complexity index is 484. The van der Waals surface area contributed by atoms with Gasteiger partial charge in [-0.05, 0) is 19.8 Å². The Morgan fingerprint density at radius 2 is 1.78 bits per heavy atom. The van der Waals surface area contributed by atoms with Crippen LogP contribution in [0.2, 0.25) is 0 Å². The molecule has 0 radical (unpaired) electrons. The summed E-state index contributed by atoms with van der Waals surface area (Å²) in [5, 5.41) is 11.4. The lowest BCUT2D eigenvalue weighted by atomic mass is 10.2. The number of hydrogen-bond donors (Lipinski definition) is 0. The summed E-state index contributed by atoms with van der Waals surface area (Å²) in [7, 11) is 0. The van der Waals surface area contributed by atoms with Crippen LogP contribution in [-0.2, 0) is 9.47 Å². The van der Waals surface area contributed by atoms with Crippen LogP contribution in [-0.4, -0.2) is 38.4 Å². The van der Waals surface area contributed by atoms with Crippen molar-refractivity contribution in [1.82, 2.24) is 0 Å². The lowest BCUT2D eigenvalue weighted by Crippen LogP contribution is -2.30. The summed E-state index contributed by atoms with van der Waals surface area (Å²) in [6.45, 7) is 3.65. The largest absolute Gasteiger partial charge is 0.619 e. The first kappa shape index (κ1) is 20.1. The number of rotatable bonds is 10. The fraction of sp³-hybridized carbons (Fsp3) is 0.667. The number of alkyl halides is 3. The summed E-state index contributed by atoms with van der Waals surface area (Å²) in [4.78, 5) is 1.05. The lowest BCUT2D eigenvalue weighted by molar-refractivity contribution is -0.613. The van der Waals surface area contributed by atoms with Gasteiger partial charge in [0.05, 0.1) is 6.61 Å². The molecule has 8 heteroatoms. The van der Waals surface area contributed by atoms with E-state index in [0.29, 0.717) is 31.7 Å². The number of halogens is 3. The maximum atomic E-state index is 11.8. The van der Waals surface area contributed by atoms with Crippen molar-refractivity contribution >= 4 is 11.8 Å². The molecule has 0 fully saturated rings. The van der Waals surface area contributed by atoms with Gasteiger partial charge < -0.3 is 14.7 Å². The molecule has 0 atom stereocenters. The molecule has 0 aliphatic carbocycles. The average molecular weight is 353 g/mol. The van der Waals surface area contributed by atoms with E-state index < -0.39 is 12.8 Å². The first-order valence-electron chi connectivity index (χ1n) is 7.35. The van der Waals surface area contributed by atoms with Gasteiger partial charge in [0.25, 0.3) is 0 Å². The van der Waals surface area contributed by atoms with Gasteiger partial charge in [-0.25, -0.2) is 0 Å². The predicted molar refractivity (Wildman–Crippen MR) is 82.5 cm³/mol. The van der Waals surface area contributed by atoms with E-state index >= 15 is 0 Å². The van der Waals surface area contributed by atoms with Gasteiger partial charge in [0.2, 0.25) is 0 Å². The van der Waals surface area contributed by atoms with E-state index in [1.54, 1.807) is 24.8 Å². The number of pyridine rings is 1. The number of ether oxygens (including phenoxy) is 2. The van der Waals surface area contributed by atoms with Gasteiger partial charge in [0, 0.05) is 42.4 Å². The second-order valence-electron chi connectivity index (χ2n) is 5.05. The van der Waals surface area contributed by atoms with Crippen LogP contribution in [0.25, 0.3) is 0 Å². The van der Waals surface area contributed by atoms with Crippen molar-refractivity contribution in [2.45, 2.75) is 37.8 Å². The summed E-state index contributed by atoms with van der Waals surface area (Å²) in [6, 6.07) is 1.79. The van der Waals surface area contributed by atoms with Crippen molar-refractivity contribution in [2.75, 3.05) is 32.2 Å². The molecule has 132 valence electrons. The van der Waals surface area contributed by atoms with Crippen LogP contribution in [0.15, 0.2) is 17.2 Å². The Hall–Kier alpha value is -0.990. The van der Waals surface area contributed by atoms with Crippen molar-refractivity contribution < 1.29 is 27.4 Å². The number of unbranched alkanes of at least 4 members (excludes halogenated alkanes) is 1. The molecular formula is C15H22F3NO3S. The fourth-order valence-electron chi connectivity index (χ4n) is 1.78. The molecule has 23 heavy (non-hydrogen) atoms. The van der Waals surface area contributed by atoms with Crippen LogP contribution in [0.4, 0.5) is 13.2 Å². The molecule has 0 aromatic carbocycles. The molecule has 0 N–H and O–H groups in total. The topological polar surface area (TPSA) is 45.4 Å². The molecule has 1 heterocycles. The van der Waals surface area contributed by atoms with Crippen LogP contribution in [0.5, 0.6) is 0 Å². The van der Waals surface area contributed by atoms with Gasteiger partial charge in [-0.1, -0.05) is 0 Å². The van der Waals surface area contributed by atoms with Crippen LogP contribution in [0.1, 0.15) is 24.1 Å².